The van der Waals surface area contributed by atoms with E-state index in [1.54, 1.807) is 19.9 Å². The fraction of sp³-hybridized carbons (Fsp3) is 0.533. The van der Waals surface area contributed by atoms with Crippen molar-refractivity contribution in [1.29, 1.82) is 0 Å². The second-order valence-corrected chi connectivity index (χ2v) is 5.98. The summed E-state index contributed by atoms with van der Waals surface area (Å²) in [6.45, 7) is 5.52. The third kappa shape index (κ3) is 2.60. The molecule has 0 aliphatic heterocycles. The highest BCUT2D eigenvalue weighted by Gasteiger charge is 2.39. The molecule has 0 saturated carbocycles. The molecule has 2 aromatic rings. The molecular weight excluding hydrogens is 293 g/mol. The molecule has 0 N–H and O–H groups in total. The van der Waals surface area contributed by atoms with Crippen LogP contribution < -0.4 is 0 Å². The molecule has 1 aliphatic rings. The third-order valence-electron chi connectivity index (χ3n) is 3.98. The summed E-state index contributed by atoms with van der Waals surface area (Å²) < 4.78 is 41.5. The lowest BCUT2D eigenvalue weighted by Crippen LogP contribution is -2.23. The maximum atomic E-state index is 13.4. The van der Waals surface area contributed by atoms with Crippen LogP contribution in [-0.2, 0) is 19.0 Å². The predicted molar refractivity (Wildman–Crippen MR) is 74.8 cm³/mol. The third-order valence-corrected chi connectivity index (χ3v) is 3.98. The molecule has 1 aliphatic carbocycles. The number of aromatic nitrogens is 4. The fourth-order valence-electron chi connectivity index (χ4n) is 2.93. The average Bonchev–Trinajstić information content (AvgIpc) is 2.75. The summed E-state index contributed by atoms with van der Waals surface area (Å²) >= 11 is 0. The van der Waals surface area contributed by atoms with Gasteiger partial charge in [0.1, 0.15) is 0 Å². The van der Waals surface area contributed by atoms with E-state index in [2.05, 4.69) is 15.1 Å². The first-order valence-electron chi connectivity index (χ1n) is 7.26. The van der Waals surface area contributed by atoms with Gasteiger partial charge in [0.15, 0.2) is 5.69 Å². The Morgan fingerprint density at radius 1 is 1.23 bits per heavy atom. The summed E-state index contributed by atoms with van der Waals surface area (Å²) in [6.07, 6.45) is -2.71. The van der Waals surface area contributed by atoms with Crippen LogP contribution in [0.2, 0.25) is 0 Å². The molecule has 2 heterocycles. The average molecular weight is 310 g/mol. The molecule has 2 aromatic heterocycles. The Bertz CT molecular complexity index is 718. The number of hydrogen-bond donors (Lipinski definition) is 0. The van der Waals surface area contributed by atoms with Crippen LogP contribution >= 0.6 is 0 Å². The van der Waals surface area contributed by atoms with Crippen LogP contribution in [0.15, 0.2) is 6.07 Å². The van der Waals surface area contributed by atoms with Crippen molar-refractivity contribution in [1.82, 2.24) is 19.7 Å². The SMILES string of the molecule is Cc1cc(C)n(-c2nc3c(c(C(F)(F)F)n2)C[C@@H](C)CC3)n1. The van der Waals surface area contributed by atoms with Gasteiger partial charge in [-0.15, -0.1) is 0 Å². The van der Waals surface area contributed by atoms with Gasteiger partial charge in [0.25, 0.3) is 5.95 Å². The van der Waals surface area contributed by atoms with Gasteiger partial charge < -0.3 is 0 Å². The molecule has 0 spiro atoms. The Balaban J connectivity index is 2.20. The zero-order chi connectivity index (χ0) is 16.1. The highest BCUT2D eigenvalue weighted by Crippen LogP contribution is 2.36. The van der Waals surface area contributed by atoms with E-state index in [1.165, 1.54) is 4.68 Å². The maximum Gasteiger partial charge on any atom is 0.433 e. The number of hydrogen-bond acceptors (Lipinski definition) is 3. The summed E-state index contributed by atoms with van der Waals surface area (Å²) in [7, 11) is 0. The second-order valence-electron chi connectivity index (χ2n) is 5.98. The standard InChI is InChI=1S/C15H17F3N4/c1-8-4-5-12-11(6-8)13(15(16,17)18)20-14(19-12)22-10(3)7-9(2)21-22/h7-8H,4-6H2,1-3H3/t8-/m0/s1. The Kier molecular flexibility index (Phi) is 3.45. The van der Waals surface area contributed by atoms with Gasteiger partial charge in [-0.3, -0.25) is 0 Å². The first-order valence-corrected chi connectivity index (χ1v) is 7.26. The van der Waals surface area contributed by atoms with E-state index in [-0.39, 0.29) is 17.4 Å². The number of alkyl halides is 3. The molecule has 3 rings (SSSR count). The van der Waals surface area contributed by atoms with Crippen molar-refractivity contribution in [2.24, 2.45) is 5.92 Å². The summed E-state index contributed by atoms with van der Waals surface area (Å²) in [4.78, 5) is 8.16. The number of nitrogens with zero attached hydrogens (tertiary/aromatic N) is 4. The van der Waals surface area contributed by atoms with Crippen LogP contribution in [0.25, 0.3) is 5.95 Å². The van der Waals surface area contributed by atoms with Gasteiger partial charge in [-0.25, -0.2) is 14.6 Å². The van der Waals surface area contributed by atoms with Crippen molar-refractivity contribution in [3.8, 4) is 5.95 Å². The minimum Gasteiger partial charge on any atom is -0.216 e. The topological polar surface area (TPSA) is 43.6 Å². The zero-order valence-corrected chi connectivity index (χ0v) is 12.7. The van der Waals surface area contributed by atoms with Gasteiger partial charge in [-0.2, -0.15) is 18.3 Å². The van der Waals surface area contributed by atoms with Crippen LogP contribution in [0.4, 0.5) is 13.2 Å². The molecule has 0 fully saturated rings. The molecule has 4 nitrogen and oxygen atoms in total. The normalized spacial score (nSPS) is 18.4. The monoisotopic (exact) mass is 310 g/mol. The quantitative estimate of drug-likeness (QED) is 0.810. The molecule has 0 bridgehead atoms. The van der Waals surface area contributed by atoms with E-state index in [0.29, 0.717) is 18.5 Å². The highest BCUT2D eigenvalue weighted by atomic mass is 19.4. The molecule has 0 amide bonds. The van der Waals surface area contributed by atoms with Gasteiger partial charge in [-0.1, -0.05) is 6.92 Å². The van der Waals surface area contributed by atoms with Crippen molar-refractivity contribution in [2.45, 2.75) is 46.2 Å². The zero-order valence-electron chi connectivity index (χ0n) is 12.7. The first kappa shape index (κ1) is 15.0. The van der Waals surface area contributed by atoms with Crippen LogP contribution in [0.5, 0.6) is 0 Å². The molecule has 0 saturated heterocycles. The van der Waals surface area contributed by atoms with E-state index in [1.807, 2.05) is 6.92 Å². The lowest BCUT2D eigenvalue weighted by molar-refractivity contribution is -0.142. The molecule has 0 radical (unpaired) electrons. The van der Waals surface area contributed by atoms with Gasteiger partial charge >= 0.3 is 6.18 Å². The number of fused-ring (bicyclic) bond motifs is 1. The molecule has 7 heteroatoms. The summed E-state index contributed by atoms with van der Waals surface area (Å²) in [5.41, 5.74) is 1.38. The first-order chi connectivity index (χ1) is 10.3. The van der Waals surface area contributed by atoms with E-state index in [9.17, 15) is 13.2 Å². The van der Waals surface area contributed by atoms with Crippen LogP contribution in [0.3, 0.4) is 0 Å². The summed E-state index contributed by atoms with van der Waals surface area (Å²) in [5.74, 6) is 0.225. The van der Waals surface area contributed by atoms with Crippen molar-refractivity contribution < 1.29 is 13.2 Å². The van der Waals surface area contributed by atoms with Gasteiger partial charge in [0.05, 0.1) is 5.69 Å². The van der Waals surface area contributed by atoms with Crippen LogP contribution in [-0.4, -0.2) is 19.7 Å². The summed E-state index contributed by atoms with van der Waals surface area (Å²) in [5, 5.41) is 4.19. The van der Waals surface area contributed by atoms with Crippen molar-refractivity contribution >= 4 is 0 Å². The Labute approximate surface area is 126 Å². The van der Waals surface area contributed by atoms with Crippen molar-refractivity contribution in [2.75, 3.05) is 0 Å². The van der Waals surface area contributed by atoms with Crippen LogP contribution in [0.1, 0.15) is 41.7 Å². The van der Waals surface area contributed by atoms with Crippen molar-refractivity contribution in [3.05, 3.63) is 34.4 Å². The van der Waals surface area contributed by atoms with E-state index in [4.69, 9.17) is 0 Å². The Morgan fingerprint density at radius 3 is 2.55 bits per heavy atom. The number of halogens is 3. The van der Waals surface area contributed by atoms with Crippen molar-refractivity contribution in [3.63, 3.8) is 0 Å². The molecule has 0 aromatic carbocycles. The van der Waals surface area contributed by atoms with Gasteiger partial charge in [-0.05, 0) is 45.1 Å². The molecule has 0 unspecified atom stereocenters. The summed E-state index contributed by atoms with van der Waals surface area (Å²) in [6, 6.07) is 1.79. The second kappa shape index (κ2) is 5.07. The van der Waals surface area contributed by atoms with E-state index < -0.39 is 11.9 Å². The molecule has 118 valence electrons. The highest BCUT2D eigenvalue weighted by molar-refractivity contribution is 5.34. The van der Waals surface area contributed by atoms with Gasteiger partial charge in [0.2, 0.25) is 0 Å². The lowest BCUT2D eigenvalue weighted by atomic mass is 9.87. The van der Waals surface area contributed by atoms with Gasteiger partial charge in [0, 0.05) is 17.0 Å². The number of aryl methyl sites for hydroxylation is 3. The minimum atomic E-state index is -4.48. The Morgan fingerprint density at radius 2 is 1.95 bits per heavy atom. The van der Waals surface area contributed by atoms with E-state index >= 15 is 0 Å². The van der Waals surface area contributed by atoms with E-state index in [0.717, 1.165) is 17.8 Å². The lowest BCUT2D eigenvalue weighted by Gasteiger charge is -2.24. The smallest absolute Gasteiger partial charge is 0.216 e. The largest absolute Gasteiger partial charge is 0.433 e. The predicted octanol–water partition coefficient (Wildman–Crippen LogP) is 3.42. The molecule has 22 heavy (non-hydrogen) atoms. The minimum absolute atomic E-state index is 0.00577. The fourth-order valence-corrected chi connectivity index (χ4v) is 2.93. The Hall–Kier alpha value is -1.92. The maximum absolute atomic E-state index is 13.4. The molecule has 1 atom stereocenters. The van der Waals surface area contributed by atoms with Crippen LogP contribution in [0, 0.1) is 19.8 Å². The molecular formula is C15H17F3N4. The number of rotatable bonds is 1.